The second kappa shape index (κ2) is 5.77. The Hall–Kier alpha value is -2.30. The van der Waals surface area contributed by atoms with Crippen LogP contribution in [0.3, 0.4) is 0 Å². The van der Waals surface area contributed by atoms with Crippen molar-refractivity contribution in [2.75, 3.05) is 7.11 Å². The van der Waals surface area contributed by atoms with E-state index in [9.17, 15) is 9.59 Å². The molecular weight excluding hydrogens is 256 g/mol. The van der Waals surface area contributed by atoms with Crippen molar-refractivity contribution in [1.82, 2.24) is 10.6 Å². The van der Waals surface area contributed by atoms with Gasteiger partial charge in [-0.25, -0.2) is 4.79 Å². The van der Waals surface area contributed by atoms with E-state index in [2.05, 4.69) is 10.6 Å². The third-order valence-electron chi connectivity index (χ3n) is 3.34. The standard InChI is InChI=1S/C15H18N2O3/c1-4-12(18)13-9(2)16-15(19)17-14(13)10-5-7-11(20-3)8-6-10/h5-8,14H,4H2,1-3H3,(H2,16,17,19). The molecule has 5 nitrogen and oxygen atoms in total. The van der Waals surface area contributed by atoms with Gasteiger partial charge in [-0.3, -0.25) is 4.79 Å². The number of allylic oxidation sites excluding steroid dienone is 1. The molecule has 0 aliphatic carbocycles. The second-order valence-corrected chi connectivity index (χ2v) is 4.62. The molecule has 106 valence electrons. The number of benzene rings is 1. The Kier molecular flexibility index (Phi) is 4.08. The summed E-state index contributed by atoms with van der Waals surface area (Å²) >= 11 is 0. The molecule has 0 spiro atoms. The van der Waals surface area contributed by atoms with Crippen molar-refractivity contribution in [2.45, 2.75) is 26.3 Å². The lowest BCUT2D eigenvalue weighted by atomic mass is 9.91. The van der Waals surface area contributed by atoms with Gasteiger partial charge in [-0.05, 0) is 24.6 Å². The lowest BCUT2D eigenvalue weighted by Gasteiger charge is -2.28. The highest BCUT2D eigenvalue weighted by Crippen LogP contribution is 2.29. The van der Waals surface area contributed by atoms with E-state index in [-0.39, 0.29) is 11.8 Å². The summed E-state index contributed by atoms with van der Waals surface area (Å²) in [5.41, 5.74) is 2.08. The summed E-state index contributed by atoms with van der Waals surface area (Å²) < 4.78 is 5.12. The first kappa shape index (κ1) is 14.1. The molecule has 0 saturated heterocycles. The molecule has 0 radical (unpaired) electrons. The van der Waals surface area contributed by atoms with Gasteiger partial charge in [0.15, 0.2) is 5.78 Å². The van der Waals surface area contributed by atoms with E-state index in [1.54, 1.807) is 14.0 Å². The van der Waals surface area contributed by atoms with Crippen molar-refractivity contribution >= 4 is 11.8 Å². The SMILES string of the molecule is CCC(=O)C1=C(C)NC(=O)NC1c1ccc(OC)cc1. The summed E-state index contributed by atoms with van der Waals surface area (Å²) in [7, 11) is 1.59. The number of amides is 2. The molecule has 2 amide bonds. The molecule has 1 aromatic rings. The minimum absolute atomic E-state index is 0.0239. The van der Waals surface area contributed by atoms with Crippen molar-refractivity contribution in [3.8, 4) is 5.75 Å². The normalized spacial score (nSPS) is 18.4. The summed E-state index contributed by atoms with van der Waals surface area (Å²) in [4.78, 5) is 23.8. The Morgan fingerprint density at radius 1 is 1.30 bits per heavy atom. The van der Waals surface area contributed by atoms with Gasteiger partial charge in [0.25, 0.3) is 0 Å². The van der Waals surface area contributed by atoms with Gasteiger partial charge < -0.3 is 15.4 Å². The highest BCUT2D eigenvalue weighted by molar-refractivity contribution is 5.99. The highest BCUT2D eigenvalue weighted by Gasteiger charge is 2.29. The van der Waals surface area contributed by atoms with E-state index < -0.39 is 6.04 Å². The zero-order valence-corrected chi connectivity index (χ0v) is 11.8. The van der Waals surface area contributed by atoms with Crippen molar-refractivity contribution in [3.63, 3.8) is 0 Å². The Bertz CT molecular complexity index is 561. The maximum Gasteiger partial charge on any atom is 0.319 e. The van der Waals surface area contributed by atoms with Crippen LogP contribution in [-0.4, -0.2) is 18.9 Å². The molecule has 1 unspecified atom stereocenters. The average Bonchev–Trinajstić information content (AvgIpc) is 2.46. The van der Waals surface area contributed by atoms with Crippen LogP contribution in [-0.2, 0) is 4.79 Å². The van der Waals surface area contributed by atoms with Gasteiger partial charge in [-0.2, -0.15) is 0 Å². The Labute approximate surface area is 118 Å². The number of methoxy groups -OCH3 is 1. The van der Waals surface area contributed by atoms with E-state index >= 15 is 0 Å². The topological polar surface area (TPSA) is 67.4 Å². The van der Waals surface area contributed by atoms with Crippen LogP contribution in [0.15, 0.2) is 35.5 Å². The number of Topliss-reactive ketones (excluding diaryl/α,β-unsaturated/α-hetero) is 1. The Morgan fingerprint density at radius 2 is 1.95 bits per heavy atom. The molecule has 0 saturated carbocycles. The maximum atomic E-state index is 12.1. The monoisotopic (exact) mass is 274 g/mol. The van der Waals surface area contributed by atoms with E-state index in [0.717, 1.165) is 11.3 Å². The molecule has 1 aliphatic rings. The fourth-order valence-corrected chi connectivity index (χ4v) is 2.30. The van der Waals surface area contributed by atoms with Crippen molar-refractivity contribution in [1.29, 1.82) is 0 Å². The second-order valence-electron chi connectivity index (χ2n) is 4.62. The summed E-state index contributed by atoms with van der Waals surface area (Å²) in [6.07, 6.45) is 0.400. The first-order valence-corrected chi connectivity index (χ1v) is 6.52. The van der Waals surface area contributed by atoms with Crippen LogP contribution in [0.5, 0.6) is 5.75 Å². The number of hydrogen-bond acceptors (Lipinski definition) is 3. The maximum absolute atomic E-state index is 12.1. The van der Waals surface area contributed by atoms with E-state index in [4.69, 9.17) is 4.74 Å². The first-order valence-electron chi connectivity index (χ1n) is 6.52. The summed E-state index contributed by atoms with van der Waals surface area (Å²) in [6, 6.07) is 6.62. The predicted molar refractivity (Wildman–Crippen MR) is 75.4 cm³/mol. The van der Waals surface area contributed by atoms with Crippen LogP contribution in [0.2, 0.25) is 0 Å². The smallest absolute Gasteiger partial charge is 0.319 e. The zero-order chi connectivity index (χ0) is 14.7. The van der Waals surface area contributed by atoms with Crippen molar-refractivity contribution in [3.05, 3.63) is 41.1 Å². The van der Waals surface area contributed by atoms with Gasteiger partial charge in [0.05, 0.1) is 13.2 Å². The van der Waals surface area contributed by atoms with Crippen LogP contribution < -0.4 is 15.4 Å². The largest absolute Gasteiger partial charge is 0.497 e. The third kappa shape index (κ3) is 2.66. The lowest BCUT2D eigenvalue weighted by Crippen LogP contribution is -2.45. The fraction of sp³-hybridized carbons (Fsp3) is 0.333. The third-order valence-corrected chi connectivity index (χ3v) is 3.34. The Morgan fingerprint density at radius 3 is 2.50 bits per heavy atom. The molecule has 5 heteroatoms. The lowest BCUT2D eigenvalue weighted by molar-refractivity contribution is -0.115. The molecule has 2 N–H and O–H groups in total. The molecule has 20 heavy (non-hydrogen) atoms. The van der Waals surface area contributed by atoms with Gasteiger partial charge in [0.2, 0.25) is 0 Å². The number of urea groups is 1. The van der Waals surface area contributed by atoms with Crippen molar-refractivity contribution < 1.29 is 14.3 Å². The molecule has 1 aromatic carbocycles. The number of rotatable bonds is 4. The zero-order valence-electron chi connectivity index (χ0n) is 11.8. The molecule has 1 atom stereocenters. The fourth-order valence-electron chi connectivity index (χ4n) is 2.30. The average molecular weight is 274 g/mol. The highest BCUT2D eigenvalue weighted by atomic mass is 16.5. The Balaban J connectivity index is 2.42. The van der Waals surface area contributed by atoms with Crippen molar-refractivity contribution in [2.24, 2.45) is 0 Å². The van der Waals surface area contributed by atoms with Gasteiger partial charge in [0.1, 0.15) is 5.75 Å². The number of carbonyl (C=O) groups excluding carboxylic acids is 2. The molecule has 0 fully saturated rings. The molecule has 0 bridgehead atoms. The minimum Gasteiger partial charge on any atom is -0.497 e. The number of ketones is 1. The van der Waals surface area contributed by atoms with Gasteiger partial charge >= 0.3 is 6.03 Å². The van der Waals surface area contributed by atoms with Crippen LogP contribution in [0.1, 0.15) is 31.9 Å². The van der Waals surface area contributed by atoms with Gasteiger partial charge in [-0.1, -0.05) is 19.1 Å². The molecular formula is C15H18N2O3. The van der Waals surface area contributed by atoms with E-state index in [1.807, 2.05) is 31.2 Å². The minimum atomic E-state index is -0.415. The van der Waals surface area contributed by atoms with Gasteiger partial charge in [0, 0.05) is 17.7 Å². The van der Waals surface area contributed by atoms with Gasteiger partial charge in [-0.15, -0.1) is 0 Å². The van der Waals surface area contributed by atoms with Crippen LogP contribution in [0.25, 0.3) is 0 Å². The van der Waals surface area contributed by atoms with E-state index in [0.29, 0.717) is 17.7 Å². The summed E-state index contributed by atoms with van der Waals surface area (Å²) in [5.74, 6) is 0.758. The molecule has 1 heterocycles. The number of ether oxygens (including phenoxy) is 1. The number of nitrogens with one attached hydrogen (secondary N) is 2. The molecule has 1 aliphatic heterocycles. The van der Waals surface area contributed by atoms with E-state index in [1.165, 1.54) is 0 Å². The van der Waals surface area contributed by atoms with Crippen LogP contribution in [0.4, 0.5) is 4.79 Å². The quantitative estimate of drug-likeness (QED) is 0.885. The molecule has 0 aromatic heterocycles. The summed E-state index contributed by atoms with van der Waals surface area (Å²) in [5, 5.41) is 5.45. The van der Waals surface area contributed by atoms with Crippen LogP contribution in [0, 0.1) is 0 Å². The number of carbonyl (C=O) groups is 2. The number of hydrogen-bond donors (Lipinski definition) is 2. The van der Waals surface area contributed by atoms with Crippen LogP contribution >= 0.6 is 0 Å². The molecule has 2 rings (SSSR count). The predicted octanol–water partition coefficient (Wildman–Crippen LogP) is 2.30. The summed E-state index contributed by atoms with van der Waals surface area (Å²) in [6.45, 7) is 3.56. The first-order chi connectivity index (χ1) is 9.56.